The van der Waals surface area contributed by atoms with E-state index in [-0.39, 0.29) is 22.7 Å². The summed E-state index contributed by atoms with van der Waals surface area (Å²) in [4.78, 5) is 22.5. The van der Waals surface area contributed by atoms with Gasteiger partial charge in [-0.1, -0.05) is 29.4 Å². The topological polar surface area (TPSA) is 111 Å². The van der Waals surface area contributed by atoms with Crippen LogP contribution in [0.4, 0.5) is 11.4 Å². The van der Waals surface area contributed by atoms with Gasteiger partial charge in [0.1, 0.15) is 0 Å². The van der Waals surface area contributed by atoms with Crippen LogP contribution in [-0.4, -0.2) is 26.3 Å². The second-order valence-electron chi connectivity index (χ2n) is 5.44. The first-order valence-electron chi connectivity index (χ1n) is 7.74. The third kappa shape index (κ3) is 4.83. The summed E-state index contributed by atoms with van der Waals surface area (Å²) < 4.78 is 5.53. The van der Waals surface area contributed by atoms with Gasteiger partial charge in [-0.05, 0) is 37.3 Å². The number of hydrogen-bond acceptors (Lipinski definition) is 7. The second-order valence-corrected chi connectivity index (χ2v) is 7.17. The molecule has 27 heavy (non-hydrogen) atoms. The van der Waals surface area contributed by atoms with E-state index in [0.29, 0.717) is 16.3 Å². The Labute approximate surface area is 163 Å². The number of amides is 1. The van der Waals surface area contributed by atoms with Crippen LogP contribution in [0, 0.1) is 10.1 Å². The number of carbonyl (C=O) groups excluding carboxylic acids is 1. The summed E-state index contributed by atoms with van der Waals surface area (Å²) in [7, 11) is 0. The van der Waals surface area contributed by atoms with Crippen molar-refractivity contribution in [3.63, 3.8) is 0 Å². The van der Waals surface area contributed by atoms with Gasteiger partial charge in [-0.3, -0.25) is 14.9 Å². The molecule has 1 heterocycles. The molecule has 138 valence electrons. The molecule has 1 N–H and O–H groups in total. The molecule has 0 aliphatic rings. The van der Waals surface area contributed by atoms with Gasteiger partial charge in [0, 0.05) is 28.4 Å². The van der Waals surface area contributed by atoms with Gasteiger partial charge in [0.15, 0.2) is 0 Å². The number of rotatable bonds is 6. The lowest BCUT2D eigenvalue weighted by atomic mass is 10.2. The van der Waals surface area contributed by atoms with E-state index in [1.807, 2.05) is 0 Å². The highest BCUT2D eigenvalue weighted by molar-refractivity contribution is 8.00. The Hall–Kier alpha value is -2.91. The molecular formula is C17H13ClN4O4S. The quantitative estimate of drug-likeness (QED) is 0.367. The predicted octanol–water partition coefficient (Wildman–Crippen LogP) is 4.42. The van der Waals surface area contributed by atoms with Gasteiger partial charge in [0.25, 0.3) is 10.9 Å². The monoisotopic (exact) mass is 404 g/mol. The first-order valence-corrected chi connectivity index (χ1v) is 8.99. The van der Waals surface area contributed by atoms with E-state index in [0.717, 1.165) is 11.8 Å². The van der Waals surface area contributed by atoms with E-state index in [1.165, 1.54) is 24.3 Å². The molecule has 0 fully saturated rings. The molecule has 10 heteroatoms. The number of hydrogen-bond donors (Lipinski definition) is 1. The van der Waals surface area contributed by atoms with E-state index < -0.39 is 10.2 Å². The predicted molar refractivity (Wildman–Crippen MR) is 102 cm³/mol. The zero-order valence-electron chi connectivity index (χ0n) is 14.0. The van der Waals surface area contributed by atoms with Crippen molar-refractivity contribution in [2.45, 2.75) is 17.4 Å². The molecule has 0 saturated heterocycles. The third-order valence-electron chi connectivity index (χ3n) is 3.47. The van der Waals surface area contributed by atoms with Crippen molar-refractivity contribution in [3.05, 3.63) is 63.7 Å². The highest BCUT2D eigenvalue weighted by atomic mass is 35.5. The SMILES string of the molecule is C[C@H](Sc1nnc(-c2ccc([N+](=O)[O-])cc2)o1)C(=O)Nc1cccc(Cl)c1. The summed E-state index contributed by atoms with van der Waals surface area (Å²) in [6.07, 6.45) is 0. The van der Waals surface area contributed by atoms with E-state index in [9.17, 15) is 14.9 Å². The molecule has 0 aliphatic carbocycles. The molecule has 3 aromatic rings. The van der Waals surface area contributed by atoms with Gasteiger partial charge in [0.2, 0.25) is 11.8 Å². The van der Waals surface area contributed by atoms with Gasteiger partial charge < -0.3 is 9.73 Å². The molecule has 0 spiro atoms. The molecular weight excluding hydrogens is 392 g/mol. The number of thioether (sulfide) groups is 1. The number of nitrogens with zero attached hydrogens (tertiary/aromatic N) is 3. The van der Waals surface area contributed by atoms with Crippen LogP contribution >= 0.6 is 23.4 Å². The molecule has 1 atom stereocenters. The van der Waals surface area contributed by atoms with Gasteiger partial charge in [0.05, 0.1) is 10.2 Å². The minimum absolute atomic E-state index is 0.0285. The molecule has 0 unspecified atom stereocenters. The maximum atomic E-state index is 12.3. The Morgan fingerprint density at radius 2 is 2.00 bits per heavy atom. The van der Waals surface area contributed by atoms with Crippen LogP contribution in [0.2, 0.25) is 5.02 Å². The molecule has 1 amide bonds. The minimum Gasteiger partial charge on any atom is -0.411 e. The first-order chi connectivity index (χ1) is 12.9. The average molecular weight is 405 g/mol. The standard InChI is InChI=1S/C17H13ClN4O4S/c1-10(15(23)19-13-4-2-3-12(18)9-13)27-17-21-20-16(26-17)11-5-7-14(8-6-11)22(24)25/h2-10H,1H3,(H,19,23)/t10-/m0/s1. The lowest BCUT2D eigenvalue weighted by Gasteiger charge is -2.09. The summed E-state index contributed by atoms with van der Waals surface area (Å²) in [5.41, 5.74) is 1.12. The van der Waals surface area contributed by atoms with Crippen molar-refractivity contribution in [2.75, 3.05) is 5.32 Å². The number of benzene rings is 2. The van der Waals surface area contributed by atoms with E-state index in [1.54, 1.807) is 31.2 Å². The lowest BCUT2D eigenvalue weighted by Crippen LogP contribution is -2.22. The number of nitrogens with one attached hydrogen (secondary N) is 1. The Morgan fingerprint density at radius 1 is 1.26 bits per heavy atom. The minimum atomic E-state index is -0.492. The fourth-order valence-corrected chi connectivity index (χ4v) is 2.99. The fraction of sp³-hybridized carbons (Fsp3) is 0.118. The fourth-order valence-electron chi connectivity index (χ4n) is 2.11. The summed E-state index contributed by atoms with van der Waals surface area (Å²) in [5, 5.41) is 21.5. The molecule has 8 nitrogen and oxygen atoms in total. The van der Waals surface area contributed by atoms with Crippen molar-refractivity contribution >= 4 is 40.6 Å². The number of halogens is 1. The number of non-ortho nitro benzene ring substituents is 1. The van der Waals surface area contributed by atoms with Gasteiger partial charge >= 0.3 is 0 Å². The van der Waals surface area contributed by atoms with E-state index in [4.69, 9.17) is 16.0 Å². The van der Waals surface area contributed by atoms with Crippen LogP contribution in [0.3, 0.4) is 0 Å². The lowest BCUT2D eigenvalue weighted by molar-refractivity contribution is -0.384. The first kappa shape index (κ1) is 18.9. The molecule has 0 radical (unpaired) electrons. The van der Waals surface area contributed by atoms with Crippen LogP contribution < -0.4 is 5.32 Å². The largest absolute Gasteiger partial charge is 0.411 e. The van der Waals surface area contributed by atoms with Crippen molar-refractivity contribution in [1.29, 1.82) is 0 Å². The highest BCUT2D eigenvalue weighted by Crippen LogP contribution is 2.28. The molecule has 0 bridgehead atoms. The van der Waals surface area contributed by atoms with Gasteiger partial charge in [-0.15, -0.1) is 10.2 Å². The van der Waals surface area contributed by atoms with Crippen LogP contribution in [0.25, 0.3) is 11.5 Å². The second kappa shape index (κ2) is 8.19. The summed E-state index contributed by atoms with van der Waals surface area (Å²) in [6, 6.07) is 12.6. The number of nitro groups is 1. The number of aromatic nitrogens is 2. The zero-order valence-corrected chi connectivity index (χ0v) is 15.5. The summed E-state index contributed by atoms with van der Waals surface area (Å²) in [5.74, 6) is -0.0211. The van der Waals surface area contributed by atoms with Gasteiger partial charge in [-0.25, -0.2) is 0 Å². The van der Waals surface area contributed by atoms with Crippen LogP contribution in [0.15, 0.2) is 58.2 Å². The average Bonchev–Trinajstić information content (AvgIpc) is 3.10. The Balaban J connectivity index is 1.64. The Morgan fingerprint density at radius 3 is 2.67 bits per heavy atom. The van der Waals surface area contributed by atoms with Crippen molar-refractivity contribution in [3.8, 4) is 11.5 Å². The number of anilines is 1. The maximum Gasteiger partial charge on any atom is 0.277 e. The molecule has 0 aliphatic heterocycles. The summed E-state index contributed by atoms with van der Waals surface area (Å²) in [6.45, 7) is 1.71. The van der Waals surface area contributed by atoms with E-state index >= 15 is 0 Å². The van der Waals surface area contributed by atoms with Crippen molar-refractivity contribution in [1.82, 2.24) is 10.2 Å². The van der Waals surface area contributed by atoms with Crippen molar-refractivity contribution in [2.24, 2.45) is 0 Å². The highest BCUT2D eigenvalue weighted by Gasteiger charge is 2.19. The zero-order chi connectivity index (χ0) is 19.4. The number of nitro benzene ring substituents is 1. The third-order valence-corrected chi connectivity index (χ3v) is 4.64. The smallest absolute Gasteiger partial charge is 0.277 e. The molecule has 0 saturated carbocycles. The van der Waals surface area contributed by atoms with Crippen LogP contribution in [0.1, 0.15) is 6.92 Å². The summed E-state index contributed by atoms with van der Waals surface area (Å²) >= 11 is 7.00. The van der Waals surface area contributed by atoms with Gasteiger partial charge in [-0.2, -0.15) is 0 Å². The van der Waals surface area contributed by atoms with Crippen molar-refractivity contribution < 1.29 is 14.1 Å². The molecule has 1 aromatic heterocycles. The Bertz CT molecular complexity index is 977. The normalized spacial score (nSPS) is 11.8. The van der Waals surface area contributed by atoms with E-state index in [2.05, 4.69) is 15.5 Å². The van der Waals surface area contributed by atoms with Crippen LogP contribution in [-0.2, 0) is 4.79 Å². The van der Waals surface area contributed by atoms with Crippen LogP contribution in [0.5, 0.6) is 0 Å². The maximum absolute atomic E-state index is 12.3. The molecule has 3 rings (SSSR count). The number of carbonyl (C=O) groups is 1. The Kier molecular flexibility index (Phi) is 5.72. The molecule has 2 aromatic carbocycles.